The molecule has 1 rings (SSSR count). The summed E-state index contributed by atoms with van der Waals surface area (Å²) in [5.41, 5.74) is 20.3. The van der Waals surface area contributed by atoms with Gasteiger partial charge in [0.1, 0.15) is 5.75 Å². The summed E-state index contributed by atoms with van der Waals surface area (Å²) >= 11 is 0. The van der Waals surface area contributed by atoms with E-state index in [2.05, 4.69) is 11.9 Å². The van der Waals surface area contributed by atoms with E-state index >= 15 is 0 Å². The molecule has 0 bridgehead atoms. The van der Waals surface area contributed by atoms with E-state index in [-0.39, 0.29) is 5.91 Å². The molecule has 0 aliphatic heterocycles. The maximum atomic E-state index is 11.2. The Morgan fingerprint density at radius 2 is 1.50 bits per heavy atom. The molecule has 0 atom stereocenters. The minimum absolute atomic E-state index is 0.166. The largest absolute Gasteiger partial charge is 0.493 e. The lowest BCUT2D eigenvalue weighted by atomic mass is 9.81. The van der Waals surface area contributed by atoms with E-state index in [1.165, 1.54) is 6.08 Å². The average molecular weight is 391 g/mol. The summed E-state index contributed by atoms with van der Waals surface area (Å²) < 4.78 is 6.19. The molecule has 0 aromatic heterocycles. The smallest absolute Gasteiger partial charge is 0.243 e. The number of carbonyl (C=O) groups is 1. The van der Waals surface area contributed by atoms with Gasteiger partial charge in [-0.15, -0.1) is 0 Å². The van der Waals surface area contributed by atoms with Crippen LogP contribution in [0.15, 0.2) is 24.8 Å². The van der Waals surface area contributed by atoms with Gasteiger partial charge in [-0.05, 0) is 78.2 Å². The van der Waals surface area contributed by atoms with E-state index in [9.17, 15) is 4.79 Å². The van der Waals surface area contributed by atoms with E-state index in [4.69, 9.17) is 21.9 Å². The fraction of sp³-hybridized carbons (Fsp3) is 0.591. The summed E-state index contributed by atoms with van der Waals surface area (Å²) in [6.45, 7) is 16.2. The predicted octanol–water partition coefficient (Wildman–Crippen LogP) is 2.73. The molecule has 0 saturated carbocycles. The Hall–Kier alpha value is -1.89. The highest BCUT2D eigenvalue weighted by atomic mass is 16.5. The molecule has 7 N–H and O–H groups in total. The van der Waals surface area contributed by atoms with Gasteiger partial charge in [-0.2, -0.15) is 0 Å². The lowest BCUT2D eigenvalue weighted by Gasteiger charge is -2.32. The van der Waals surface area contributed by atoms with Crippen molar-refractivity contribution in [1.29, 1.82) is 0 Å². The average Bonchev–Trinajstić information content (AvgIpc) is 2.54. The second-order valence-electron chi connectivity index (χ2n) is 9.12. The van der Waals surface area contributed by atoms with Crippen LogP contribution in [0.5, 0.6) is 5.75 Å². The van der Waals surface area contributed by atoms with Crippen LogP contribution < -0.4 is 27.3 Å². The number of amides is 1. The summed E-state index contributed by atoms with van der Waals surface area (Å²) in [6, 6.07) is 4.05. The molecule has 0 aliphatic rings. The van der Waals surface area contributed by atoms with Gasteiger partial charge in [-0.25, -0.2) is 0 Å². The van der Waals surface area contributed by atoms with Crippen LogP contribution in [0, 0.1) is 0 Å². The molecule has 0 saturated heterocycles. The number of rotatable bonds is 10. The Labute approximate surface area is 169 Å². The zero-order valence-electron chi connectivity index (χ0n) is 18.3. The number of nitrogens with one attached hydrogen (secondary N) is 1. The van der Waals surface area contributed by atoms with Gasteiger partial charge in [0, 0.05) is 34.3 Å². The molecule has 0 radical (unpaired) electrons. The Balaban J connectivity index is 3.14. The number of nitrogens with two attached hydrogens (primary N) is 3. The second-order valence-corrected chi connectivity index (χ2v) is 9.12. The molecular formula is C22H38N4O2. The lowest BCUT2D eigenvalue weighted by molar-refractivity contribution is -0.116. The second kappa shape index (κ2) is 9.07. The summed E-state index contributed by atoms with van der Waals surface area (Å²) in [7, 11) is 0. The van der Waals surface area contributed by atoms with E-state index in [0.29, 0.717) is 13.2 Å². The van der Waals surface area contributed by atoms with Crippen molar-refractivity contribution in [2.75, 3.05) is 13.2 Å². The van der Waals surface area contributed by atoms with Crippen LogP contribution in [-0.2, 0) is 21.4 Å². The molecule has 158 valence electrons. The number of ether oxygens (including phenoxy) is 1. The Kier molecular flexibility index (Phi) is 7.82. The van der Waals surface area contributed by atoms with Crippen molar-refractivity contribution in [2.45, 2.75) is 71.0 Å². The van der Waals surface area contributed by atoms with Crippen molar-refractivity contribution in [3.63, 3.8) is 0 Å². The molecular weight excluding hydrogens is 352 g/mol. The Bertz CT molecular complexity index is 657. The highest BCUT2D eigenvalue weighted by Gasteiger charge is 2.30. The molecule has 0 unspecified atom stereocenters. The molecule has 0 fully saturated rings. The van der Waals surface area contributed by atoms with Gasteiger partial charge in [-0.3, -0.25) is 4.79 Å². The summed E-state index contributed by atoms with van der Waals surface area (Å²) in [5, 5.41) is 2.76. The summed E-state index contributed by atoms with van der Waals surface area (Å²) in [5.74, 6) is 0.559. The number of carbonyl (C=O) groups excluding carboxylic acids is 1. The van der Waals surface area contributed by atoms with E-state index in [1.54, 1.807) is 0 Å². The van der Waals surface area contributed by atoms with Gasteiger partial charge >= 0.3 is 0 Å². The van der Waals surface area contributed by atoms with Gasteiger partial charge in [0.05, 0.1) is 6.61 Å². The zero-order valence-corrected chi connectivity index (χ0v) is 18.3. The van der Waals surface area contributed by atoms with Crippen molar-refractivity contribution in [3.05, 3.63) is 41.5 Å². The maximum Gasteiger partial charge on any atom is 0.243 e. The molecule has 6 nitrogen and oxygen atoms in total. The van der Waals surface area contributed by atoms with Crippen LogP contribution in [0.2, 0.25) is 0 Å². The molecule has 1 aromatic carbocycles. The third-order valence-electron chi connectivity index (χ3n) is 4.52. The maximum absolute atomic E-state index is 11.2. The van der Waals surface area contributed by atoms with Crippen molar-refractivity contribution in [2.24, 2.45) is 17.2 Å². The lowest BCUT2D eigenvalue weighted by Crippen LogP contribution is -2.36. The van der Waals surface area contributed by atoms with Crippen LogP contribution in [0.4, 0.5) is 0 Å². The van der Waals surface area contributed by atoms with Crippen molar-refractivity contribution < 1.29 is 9.53 Å². The van der Waals surface area contributed by atoms with Gasteiger partial charge in [0.15, 0.2) is 0 Å². The number of hydrogen-bond donors (Lipinski definition) is 4. The molecule has 0 heterocycles. The molecule has 1 aromatic rings. The van der Waals surface area contributed by atoms with Crippen molar-refractivity contribution in [3.8, 4) is 5.75 Å². The minimum atomic E-state index is -0.617. The third-order valence-corrected chi connectivity index (χ3v) is 4.52. The molecule has 0 aliphatic carbocycles. The fourth-order valence-corrected chi connectivity index (χ4v) is 2.80. The third kappa shape index (κ3) is 6.93. The normalized spacial score (nSPS) is 12.6. The number of hydrogen-bond acceptors (Lipinski definition) is 5. The number of benzene rings is 1. The van der Waals surface area contributed by atoms with Crippen LogP contribution in [0.1, 0.15) is 71.1 Å². The van der Waals surface area contributed by atoms with E-state index in [0.717, 1.165) is 35.3 Å². The standard InChI is InChI=1S/C22H38N4O2/c1-8-18(27)26-11-9-10-12-28-19-16(21(4,5)24)13-15(20(2,3)23)14-17(19)22(6,7)25/h8,13-14H,1,9-12,23-25H2,2-7H3,(H,26,27). The van der Waals surface area contributed by atoms with Crippen LogP contribution in [0.3, 0.4) is 0 Å². The molecule has 6 heteroatoms. The predicted molar refractivity (Wildman–Crippen MR) is 116 cm³/mol. The van der Waals surface area contributed by atoms with E-state index in [1.807, 2.05) is 53.7 Å². The Morgan fingerprint density at radius 3 is 1.89 bits per heavy atom. The first-order valence-electron chi connectivity index (χ1n) is 9.77. The SMILES string of the molecule is C=CC(=O)NCCCCOc1c(C(C)(C)N)cc(C(C)(C)N)cc1C(C)(C)N. The highest BCUT2D eigenvalue weighted by molar-refractivity contribution is 5.86. The first kappa shape index (κ1) is 24.1. The number of unbranched alkanes of at least 4 members (excludes halogenated alkanes) is 1. The first-order chi connectivity index (χ1) is 12.7. The van der Waals surface area contributed by atoms with Gasteiger partial charge < -0.3 is 27.3 Å². The monoisotopic (exact) mass is 390 g/mol. The topological polar surface area (TPSA) is 116 Å². The molecule has 28 heavy (non-hydrogen) atoms. The molecule has 1 amide bonds. The fourth-order valence-electron chi connectivity index (χ4n) is 2.80. The summed E-state index contributed by atoms with van der Waals surface area (Å²) in [4.78, 5) is 11.2. The zero-order chi connectivity index (χ0) is 21.8. The quantitative estimate of drug-likeness (QED) is 0.362. The van der Waals surface area contributed by atoms with Crippen molar-refractivity contribution in [1.82, 2.24) is 5.32 Å². The molecule has 0 spiro atoms. The van der Waals surface area contributed by atoms with Crippen LogP contribution >= 0.6 is 0 Å². The summed E-state index contributed by atoms with van der Waals surface area (Å²) in [6.07, 6.45) is 2.86. The minimum Gasteiger partial charge on any atom is -0.493 e. The van der Waals surface area contributed by atoms with Crippen LogP contribution in [-0.4, -0.2) is 19.1 Å². The van der Waals surface area contributed by atoms with E-state index < -0.39 is 16.6 Å². The van der Waals surface area contributed by atoms with Crippen LogP contribution in [0.25, 0.3) is 0 Å². The van der Waals surface area contributed by atoms with Crippen molar-refractivity contribution >= 4 is 5.91 Å². The first-order valence-corrected chi connectivity index (χ1v) is 9.77. The van der Waals surface area contributed by atoms with Gasteiger partial charge in [0.2, 0.25) is 5.91 Å². The van der Waals surface area contributed by atoms with Gasteiger partial charge in [-0.1, -0.05) is 6.58 Å². The van der Waals surface area contributed by atoms with Gasteiger partial charge in [0.25, 0.3) is 0 Å². The highest BCUT2D eigenvalue weighted by Crippen LogP contribution is 2.39. The Morgan fingerprint density at radius 1 is 1.00 bits per heavy atom.